The van der Waals surface area contributed by atoms with Crippen molar-refractivity contribution in [2.75, 3.05) is 46.0 Å². The lowest BCUT2D eigenvalue weighted by Gasteiger charge is -2.30. The molecule has 0 atom stereocenters. The van der Waals surface area contributed by atoms with Crippen LogP contribution in [0.25, 0.3) is 0 Å². The van der Waals surface area contributed by atoms with Gasteiger partial charge in [-0.05, 0) is 32.1 Å². The Bertz CT molecular complexity index is 448. The second-order valence-electron chi connectivity index (χ2n) is 6.08. The first-order chi connectivity index (χ1) is 10.4. The molecule has 0 aromatic rings. The van der Waals surface area contributed by atoms with Gasteiger partial charge in [0.2, 0.25) is 10.0 Å². The lowest BCUT2D eigenvalue weighted by atomic mass is 9.98. The molecule has 1 fully saturated rings. The van der Waals surface area contributed by atoms with Gasteiger partial charge in [0.05, 0.1) is 6.26 Å². The van der Waals surface area contributed by atoms with Crippen molar-refractivity contribution in [1.82, 2.24) is 14.5 Å². The number of aliphatic imine (C=N–C) groups is 1. The van der Waals surface area contributed by atoms with Crippen LogP contribution < -0.4 is 5.32 Å². The van der Waals surface area contributed by atoms with E-state index in [1.54, 1.807) is 4.31 Å². The van der Waals surface area contributed by atoms with E-state index >= 15 is 0 Å². The van der Waals surface area contributed by atoms with Crippen LogP contribution in [0.2, 0.25) is 0 Å². The van der Waals surface area contributed by atoms with Crippen LogP contribution in [0, 0.1) is 5.92 Å². The molecule has 0 unspecified atom stereocenters. The number of hydrogen-bond acceptors (Lipinski definition) is 3. The number of nitrogens with one attached hydrogen (secondary N) is 1. The van der Waals surface area contributed by atoms with Gasteiger partial charge in [-0.15, -0.1) is 24.0 Å². The van der Waals surface area contributed by atoms with Gasteiger partial charge in [-0.3, -0.25) is 4.99 Å². The van der Waals surface area contributed by atoms with Gasteiger partial charge in [0.1, 0.15) is 0 Å². The highest BCUT2D eigenvalue weighted by Gasteiger charge is 2.24. The average molecular weight is 460 g/mol. The summed E-state index contributed by atoms with van der Waals surface area (Å²) in [5.41, 5.74) is 0. The summed E-state index contributed by atoms with van der Waals surface area (Å²) >= 11 is 0. The molecular formula is C15H33IN4O2S. The molecule has 1 heterocycles. The number of piperidine rings is 1. The molecule has 1 aliphatic rings. The van der Waals surface area contributed by atoms with Gasteiger partial charge in [-0.2, -0.15) is 0 Å². The summed E-state index contributed by atoms with van der Waals surface area (Å²) in [7, 11) is -0.963. The van der Waals surface area contributed by atoms with Crippen molar-refractivity contribution in [2.45, 2.75) is 39.5 Å². The maximum absolute atomic E-state index is 11.5. The van der Waals surface area contributed by atoms with E-state index in [1.807, 2.05) is 0 Å². The summed E-state index contributed by atoms with van der Waals surface area (Å²) in [6, 6.07) is 0. The normalized spacial score (nSPS) is 17.7. The Balaban J connectivity index is 0.00000484. The van der Waals surface area contributed by atoms with Crippen molar-refractivity contribution in [1.29, 1.82) is 0 Å². The number of sulfonamides is 1. The summed E-state index contributed by atoms with van der Waals surface area (Å²) < 4.78 is 24.6. The summed E-state index contributed by atoms with van der Waals surface area (Å²) in [6.07, 6.45) is 5.42. The van der Waals surface area contributed by atoms with E-state index in [0.29, 0.717) is 19.0 Å². The highest BCUT2D eigenvalue weighted by Crippen LogP contribution is 2.19. The molecule has 0 saturated carbocycles. The first kappa shape index (κ1) is 22.9. The van der Waals surface area contributed by atoms with Crippen LogP contribution in [0.15, 0.2) is 4.99 Å². The minimum absolute atomic E-state index is 0. The van der Waals surface area contributed by atoms with E-state index in [2.05, 4.69) is 31.1 Å². The third kappa shape index (κ3) is 8.53. The second-order valence-corrected chi connectivity index (χ2v) is 8.06. The van der Waals surface area contributed by atoms with Crippen molar-refractivity contribution in [3.05, 3.63) is 0 Å². The van der Waals surface area contributed by atoms with E-state index in [0.717, 1.165) is 44.9 Å². The van der Waals surface area contributed by atoms with Crippen LogP contribution in [-0.2, 0) is 10.0 Å². The van der Waals surface area contributed by atoms with Crippen molar-refractivity contribution in [2.24, 2.45) is 10.9 Å². The summed E-state index contributed by atoms with van der Waals surface area (Å²) in [5.74, 6) is 1.44. The molecule has 6 nitrogen and oxygen atoms in total. The third-order valence-electron chi connectivity index (χ3n) is 4.09. The fraction of sp³-hybridized carbons (Fsp3) is 0.933. The molecular weight excluding hydrogens is 427 g/mol. The van der Waals surface area contributed by atoms with Crippen LogP contribution >= 0.6 is 24.0 Å². The molecule has 1 N–H and O–H groups in total. The molecule has 8 heteroatoms. The smallest absolute Gasteiger partial charge is 0.211 e. The Morgan fingerprint density at radius 1 is 1.30 bits per heavy atom. The molecule has 23 heavy (non-hydrogen) atoms. The average Bonchev–Trinajstić information content (AvgIpc) is 2.48. The minimum Gasteiger partial charge on any atom is -0.357 e. The first-order valence-electron chi connectivity index (χ1n) is 8.33. The van der Waals surface area contributed by atoms with Crippen molar-refractivity contribution in [3.8, 4) is 0 Å². The SMILES string of the molecule is CCCCN(C)C(=NCC1CCN(S(C)(=O)=O)CC1)NCC.I. The monoisotopic (exact) mass is 460 g/mol. The zero-order valence-electron chi connectivity index (χ0n) is 14.9. The van der Waals surface area contributed by atoms with E-state index in [1.165, 1.54) is 12.7 Å². The van der Waals surface area contributed by atoms with Crippen molar-refractivity contribution < 1.29 is 8.42 Å². The maximum Gasteiger partial charge on any atom is 0.211 e. The molecule has 1 saturated heterocycles. The van der Waals surface area contributed by atoms with E-state index in [4.69, 9.17) is 4.99 Å². The molecule has 1 aliphatic heterocycles. The Kier molecular flexibility index (Phi) is 11.4. The zero-order chi connectivity index (χ0) is 16.6. The second kappa shape index (κ2) is 11.5. The predicted octanol–water partition coefficient (Wildman–Crippen LogP) is 1.97. The molecule has 138 valence electrons. The highest BCUT2D eigenvalue weighted by atomic mass is 127. The summed E-state index contributed by atoms with van der Waals surface area (Å²) in [6.45, 7) is 8.16. The van der Waals surface area contributed by atoms with Gasteiger partial charge >= 0.3 is 0 Å². The quantitative estimate of drug-likeness (QED) is 0.359. The number of guanidine groups is 1. The summed E-state index contributed by atoms with van der Waals surface area (Å²) in [5, 5.41) is 3.33. The Morgan fingerprint density at radius 2 is 1.91 bits per heavy atom. The lowest BCUT2D eigenvalue weighted by Crippen LogP contribution is -2.41. The molecule has 0 amide bonds. The van der Waals surface area contributed by atoms with Crippen LogP contribution in [0.4, 0.5) is 0 Å². The van der Waals surface area contributed by atoms with E-state index in [-0.39, 0.29) is 24.0 Å². The lowest BCUT2D eigenvalue weighted by molar-refractivity contribution is 0.279. The third-order valence-corrected chi connectivity index (χ3v) is 5.39. The Morgan fingerprint density at radius 3 is 2.39 bits per heavy atom. The van der Waals surface area contributed by atoms with Gasteiger partial charge in [0.15, 0.2) is 5.96 Å². The molecule has 1 rings (SSSR count). The molecule has 0 spiro atoms. The number of halogens is 1. The summed E-state index contributed by atoms with van der Waals surface area (Å²) in [4.78, 5) is 6.92. The number of hydrogen-bond donors (Lipinski definition) is 1. The van der Waals surface area contributed by atoms with Gasteiger partial charge in [-0.25, -0.2) is 12.7 Å². The number of nitrogens with zero attached hydrogens (tertiary/aromatic N) is 3. The van der Waals surface area contributed by atoms with Gasteiger partial charge in [-0.1, -0.05) is 13.3 Å². The molecule has 0 aromatic heterocycles. The standard InChI is InChI=1S/C15H32N4O2S.HI/c1-5-7-10-18(3)15(16-6-2)17-13-14-8-11-19(12-9-14)22(4,20)21;/h14H,5-13H2,1-4H3,(H,16,17);1H. The van der Waals surface area contributed by atoms with E-state index < -0.39 is 10.0 Å². The first-order valence-corrected chi connectivity index (χ1v) is 10.2. The molecule has 0 aliphatic carbocycles. The van der Waals surface area contributed by atoms with Crippen LogP contribution in [0.5, 0.6) is 0 Å². The molecule has 0 radical (unpaired) electrons. The maximum atomic E-state index is 11.5. The Labute approximate surface area is 159 Å². The predicted molar refractivity (Wildman–Crippen MR) is 108 cm³/mol. The van der Waals surface area contributed by atoms with Crippen LogP contribution in [-0.4, -0.2) is 69.6 Å². The van der Waals surface area contributed by atoms with E-state index in [9.17, 15) is 8.42 Å². The zero-order valence-corrected chi connectivity index (χ0v) is 18.1. The van der Waals surface area contributed by atoms with Gasteiger partial charge < -0.3 is 10.2 Å². The van der Waals surface area contributed by atoms with Crippen LogP contribution in [0.1, 0.15) is 39.5 Å². The fourth-order valence-corrected chi connectivity index (χ4v) is 3.48. The topological polar surface area (TPSA) is 65.0 Å². The van der Waals surface area contributed by atoms with Crippen molar-refractivity contribution >= 4 is 40.0 Å². The molecule has 0 bridgehead atoms. The number of unbranched alkanes of at least 4 members (excludes halogenated alkanes) is 1. The van der Waals surface area contributed by atoms with Gasteiger partial charge in [0.25, 0.3) is 0 Å². The number of rotatable bonds is 7. The highest BCUT2D eigenvalue weighted by molar-refractivity contribution is 14.0. The van der Waals surface area contributed by atoms with Crippen molar-refractivity contribution in [3.63, 3.8) is 0 Å². The largest absolute Gasteiger partial charge is 0.357 e. The van der Waals surface area contributed by atoms with Crippen LogP contribution in [0.3, 0.4) is 0 Å². The van der Waals surface area contributed by atoms with Gasteiger partial charge in [0, 0.05) is 39.8 Å². The minimum atomic E-state index is -3.04. The Hall–Kier alpha value is -0.0900. The fourth-order valence-electron chi connectivity index (χ4n) is 2.61. The molecule has 0 aromatic carbocycles.